The number of benzene rings is 2. The van der Waals surface area contributed by atoms with Crippen LogP contribution in [0, 0.1) is 11.8 Å². The number of anilines is 1. The molecule has 1 amide bonds. The highest BCUT2D eigenvalue weighted by Crippen LogP contribution is 2.45. The van der Waals surface area contributed by atoms with Crippen LogP contribution in [0.15, 0.2) is 79.3 Å². The van der Waals surface area contributed by atoms with Crippen molar-refractivity contribution < 1.29 is 9.53 Å². The summed E-state index contributed by atoms with van der Waals surface area (Å²) in [6.45, 7) is 2.54. The molecule has 6 heteroatoms. The van der Waals surface area contributed by atoms with E-state index in [2.05, 4.69) is 27.0 Å². The lowest BCUT2D eigenvalue weighted by Gasteiger charge is -2.30. The van der Waals surface area contributed by atoms with E-state index in [4.69, 9.17) is 4.74 Å². The van der Waals surface area contributed by atoms with Gasteiger partial charge in [0.15, 0.2) is 6.61 Å². The van der Waals surface area contributed by atoms with Crippen LogP contribution >= 0.6 is 0 Å². The molecule has 0 aliphatic carbocycles. The number of amides is 1. The third kappa shape index (κ3) is 3.61. The Hall–Kier alpha value is -3.41. The lowest BCUT2D eigenvalue weighted by molar-refractivity contribution is -0.134. The number of carbonyl (C=O) groups excluding carboxylic acids is 1. The summed E-state index contributed by atoms with van der Waals surface area (Å²) in [5.74, 6) is 2.42. The van der Waals surface area contributed by atoms with Gasteiger partial charge >= 0.3 is 0 Å². The van der Waals surface area contributed by atoms with Gasteiger partial charge in [-0.1, -0.05) is 48.5 Å². The molecule has 2 aromatic carbocycles. The predicted octanol–water partition coefficient (Wildman–Crippen LogP) is 3.19. The fourth-order valence-electron chi connectivity index (χ4n) is 4.77. The van der Waals surface area contributed by atoms with Crippen LogP contribution in [0.3, 0.4) is 0 Å². The first-order valence-electron chi connectivity index (χ1n) is 10.3. The summed E-state index contributed by atoms with van der Waals surface area (Å²) >= 11 is 0. The Morgan fingerprint density at radius 3 is 2.47 bits per heavy atom. The Labute approximate surface area is 176 Å². The number of hydrogen-bond donors (Lipinski definition) is 0. The summed E-state index contributed by atoms with van der Waals surface area (Å²) in [6, 6.07) is 19.9. The van der Waals surface area contributed by atoms with Crippen molar-refractivity contribution in [2.45, 2.75) is 6.04 Å². The molecule has 2 aliphatic rings. The first-order valence-corrected chi connectivity index (χ1v) is 10.3. The van der Waals surface area contributed by atoms with Crippen molar-refractivity contribution in [2.75, 3.05) is 31.1 Å². The van der Waals surface area contributed by atoms with Gasteiger partial charge in [-0.2, -0.15) is 0 Å². The summed E-state index contributed by atoms with van der Waals surface area (Å²) in [5.41, 5.74) is 1.18. The number of carbonyl (C=O) groups is 1. The summed E-state index contributed by atoms with van der Waals surface area (Å²) < 4.78 is 5.76. The highest BCUT2D eigenvalue weighted by molar-refractivity contribution is 5.79. The van der Waals surface area contributed by atoms with Crippen molar-refractivity contribution >= 4 is 11.7 Å². The smallest absolute Gasteiger partial charge is 0.261 e. The molecular formula is C24H24N4O2. The molecule has 152 valence electrons. The summed E-state index contributed by atoms with van der Waals surface area (Å²) in [5, 5.41) is 0. The minimum atomic E-state index is 0.0353. The van der Waals surface area contributed by atoms with Gasteiger partial charge in [0.2, 0.25) is 0 Å². The van der Waals surface area contributed by atoms with Gasteiger partial charge in [0, 0.05) is 43.9 Å². The average molecular weight is 400 g/mol. The van der Waals surface area contributed by atoms with Crippen molar-refractivity contribution in [3.63, 3.8) is 0 Å². The van der Waals surface area contributed by atoms with Gasteiger partial charge in [-0.15, -0.1) is 0 Å². The van der Waals surface area contributed by atoms with E-state index in [0.29, 0.717) is 11.8 Å². The zero-order valence-corrected chi connectivity index (χ0v) is 16.7. The van der Waals surface area contributed by atoms with Crippen molar-refractivity contribution in [3.8, 4) is 5.75 Å². The molecule has 2 fully saturated rings. The summed E-state index contributed by atoms with van der Waals surface area (Å²) in [4.78, 5) is 26.1. The van der Waals surface area contributed by atoms with Gasteiger partial charge < -0.3 is 14.5 Å². The van der Waals surface area contributed by atoms with Crippen LogP contribution in [0.2, 0.25) is 0 Å². The Morgan fingerprint density at radius 1 is 0.967 bits per heavy atom. The molecule has 0 bridgehead atoms. The standard InChI is InChI=1S/C24H24N4O2/c29-23(17-30-20-9-5-2-6-10-20)28-15-19-14-27(22-13-25-11-12-26-22)16-21(19)24(28)18-7-3-1-4-8-18/h1-13,19,21,24H,14-17H2/t19-,21-,24+/m0/s1. The maximum absolute atomic E-state index is 13.1. The molecule has 0 spiro atoms. The van der Waals surface area contributed by atoms with Crippen LogP contribution < -0.4 is 9.64 Å². The molecule has 2 aliphatic heterocycles. The van der Waals surface area contributed by atoms with E-state index < -0.39 is 0 Å². The predicted molar refractivity (Wildman–Crippen MR) is 114 cm³/mol. The van der Waals surface area contributed by atoms with E-state index in [0.717, 1.165) is 31.2 Å². The number of rotatable bonds is 5. The van der Waals surface area contributed by atoms with Crippen LogP contribution in [0.25, 0.3) is 0 Å². The lowest BCUT2D eigenvalue weighted by atomic mass is 9.89. The number of hydrogen-bond acceptors (Lipinski definition) is 5. The second-order valence-electron chi connectivity index (χ2n) is 7.90. The monoisotopic (exact) mass is 400 g/mol. The lowest BCUT2D eigenvalue weighted by Crippen LogP contribution is -2.38. The number of ether oxygens (including phenoxy) is 1. The van der Waals surface area contributed by atoms with E-state index in [1.807, 2.05) is 59.6 Å². The van der Waals surface area contributed by atoms with Crippen molar-refractivity contribution in [3.05, 3.63) is 84.8 Å². The molecule has 30 heavy (non-hydrogen) atoms. The maximum Gasteiger partial charge on any atom is 0.261 e. The van der Waals surface area contributed by atoms with Crippen molar-refractivity contribution in [2.24, 2.45) is 11.8 Å². The Balaban J connectivity index is 1.36. The fraction of sp³-hybridized carbons (Fsp3) is 0.292. The van der Waals surface area contributed by atoms with Gasteiger partial charge in [-0.3, -0.25) is 9.78 Å². The summed E-state index contributed by atoms with van der Waals surface area (Å²) in [6.07, 6.45) is 5.24. The van der Waals surface area contributed by atoms with Gasteiger partial charge in [0.1, 0.15) is 11.6 Å². The number of likely N-dealkylation sites (tertiary alicyclic amines) is 1. The Bertz CT molecular complexity index is 984. The topological polar surface area (TPSA) is 58.6 Å². The van der Waals surface area contributed by atoms with Crippen LogP contribution in [0.4, 0.5) is 5.82 Å². The van der Waals surface area contributed by atoms with Gasteiger partial charge in [0.05, 0.1) is 12.2 Å². The quantitative estimate of drug-likeness (QED) is 0.658. The Kier molecular flexibility index (Phi) is 5.05. The molecule has 5 rings (SSSR count). The molecule has 3 heterocycles. The SMILES string of the molecule is O=C(COc1ccccc1)N1C[C@@H]2CN(c3cnccn3)C[C@@H]2[C@H]1c1ccccc1. The first-order chi connectivity index (χ1) is 14.8. The molecule has 0 N–H and O–H groups in total. The molecule has 6 nitrogen and oxygen atoms in total. The number of nitrogens with zero attached hydrogens (tertiary/aromatic N) is 4. The number of aromatic nitrogens is 2. The fourth-order valence-corrected chi connectivity index (χ4v) is 4.77. The molecule has 2 saturated heterocycles. The van der Waals surface area contributed by atoms with Crippen LogP contribution in [-0.4, -0.2) is 47.0 Å². The molecule has 3 atom stereocenters. The second kappa shape index (κ2) is 8.14. The average Bonchev–Trinajstić information content (AvgIpc) is 3.38. The summed E-state index contributed by atoms with van der Waals surface area (Å²) in [7, 11) is 0. The minimum absolute atomic E-state index is 0.0353. The third-order valence-corrected chi connectivity index (χ3v) is 6.10. The maximum atomic E-state index is 13.1. The van der Waals surface area contributed by atoms with E-state index in [1.54, 1.807) is 12.4 Å². The van der Waals surface area contributed by atoms with Gasteiger partial charge in [-0.05, 0) is 17.7 Å². The molecular weight excluding hydrogens is 376 g/mol. The minimum Gasteiger partial charge on any atom is -0.484 e. The normalized spacial score (nSPS) is 22.7. The largest absolute Gasteiger partial charge is 0.484 e. The highest BCUT2D eigenvalue weighted by atomic mass is 16.5. The molecule has 0 radical (unpaired) electrons. The van der Waals surface area contributed by atoms with Crippen LogP contribution in [-0.2, 0) is 4.79 Å². The zero-order chi connectivity index (χ0) is 20.3. The molecule has 1 aromatic heterocycles. The van der Waals surface area contributed by atoms with E-state index >= 15 is 0 Å². The second-order valence-corrected chi connectivity index (χ2v) is 7.90. The van der Waals surface area contributed by atoms with Gasteiger partial charge in [0.25, 0.3) is 5.91 Å². The van der Waals surface area contributed by atoms with Gasteiger partial charge in [-0.25, -0.2) is 4.98 Å². The highest BCUT2D eigenvalue weighted by Gasteiger charge is 2.49. The van der Waals surface area contributed by atoms with Crippen molar-refractivity contribution in [1.82, 2.24) is 14.9 Å². The Morgan fingerprint density at radius 2 is 1.73 bits per heavy atom. The number of fused-ring (bicyclic) bond motifs is 1. The van der Waals surface area contributed by atoms with E-state index in [9.17, 15) is 4.79 Å². The van der Waals surface area contributed by atoms with E-state index in [1.165, 1.54) is 5.56 Å². The third-order valence-electron chi connectivity index (χ3n) is 6.10. The molecule has 0 saturated carbocycles. The van der Waals surface area contributed by atoms with Crippen molar-refractivity contribution in [1.29, 1.82) is 0 Å². The van der Waals surface area contributed by atoms with E-state index in [-0.39, 0.29) is 18.6 Å². The van der Waals surface area contributed by atoms with Crippen LogP contribution in [0.1, 0.15) is 11.6 Å². The van der Waals surface area contributed by atoms with Crippen LogP contribution in [0.5, 0.6) is 5.75 Å². The molecule has 3 aromatic rings. The molecule has 0 unspecified atom stereocenters. The number of para-hydroxylation sites is 1. The first kappa shape index (κ1) is 18.6. The zero-order valence-electron chi connectivity index (χ0n) is 16.7.